The molecule has 1 aliphatic rings. The van der Waals surface area contributed by atoms with E-state index in [0.717, 1.165) is 55.9 Å². The zero-order valence-electron chi connectivity index (χ0n) is 22.7. The number of carbonyl (C=O) groups excluding carboxylic acids is 1. The molecule has 6 nitrogen and oxygen atoms in total. The van der Waals surface area contributed by atoms with E-state index in [1.54, 1.807) is 0 Å². The first kappa shape index (κ1) is 26.9. The maximum atomic E-state index is 12.0. The summed E-state index contributed by atoms with van der Waals surface area (Å²) >= 11 is 12.5. The summed E-state index contributed by atoms with van der Waals surface area (Å²) in [5.41, 5.74) is 9.11. The maximum Gasteiger partial charge on any atom is 0.224 e. The fourth-order valence-electron chi connectivity index (χ4n) is 5.42. The summed E-state index contributed by atoms with van der Waals surface area (Å²) in [4.78, 5) is 18.9. The van der Waals surface area contributed by atoms with Crippen molar-refractivity contribution in [2.24, 2.45) is 0 Å². The molecule has 1 fully saturated rings. The van der Waals surface area contributed by atoms with Crippen LogP contribution < -0.4 is 15.5 Å². The highest BCUT2D eigenvalue weighted by molar-refractivity contribution is 7.80. The van der Waals surface area contributed by atoms with Crippen LogP contribution in [0.15, 0.2) is 66.9 Å². The van der Waals surface area contributed by atoms with Crippen LogP contribution in [0.4, 0.5) is 11.4 Å². The van der Waals surface area contributed by atoms with Crippen LogP contribution in [0.5, 0.6) is 0 Å². The minimum atomic E-state index is -0.159. The smallest absolute Gasteiger partial charge is 0.224 e. The van der Waals surface area contributed by atoms with Crippen molar-refractivity contribution >= 4 is 46.2 Å². The van der Waals surface area contributed by atoms with E-state index in [-0.39, 0.29) is 18.0 Å². The molecule has 0 bridgehead atoms. The Morgan fingerprint density at radius 2 is 1.87 bits per heavy atom. The van der Waals surface area contributed by atoms with Crippen LogP contribution in [-0.2, 0) is 4.79 Å². The molecule has 200 valence electrons. The Hall–Kier alpha value is -3.68. The van der Waals surface area contributed by atoms with Gasteiger partial charge in [-0.2, -0.15) is 0 Å². The predicted molar refractivity (Wildman–Crippen MR) is 163 cm³/mol. The first-order chi connectivity index (χ1) is 18.7. The van der Waals surface area contributed by atoms with Crippen molar-refractivity contribution in [2.45, 2.75) is 53.1 Å². The van der Waals surface area contributed by atoms with Gasteiger partial charge in [-0.3, -0.25) is 9.78 Å². The first-order valence-corrected chi connectivity index (χ1v) is 13.8. The van der Waals surface area contributed by atoms with Crippen molar-refractivity contribution in [1.29, 1.82) is 0 Å². The number of amides is 1. The quantitative estimate of drug-likeness (QED) is 0.244. The number of pyridine rings is 1. The molecule has 5 rings (SSSR count). The largest absolute Gasteiger partial charge is 0.351 e. The molecule has 3 heterocycles. The van der Waals surface area contributed by atoms with Crippen molar-refractivity contribution in [2.75, 3.05) is 10.2 Å². The molecule has 2 aromatic carbocycles. The summed E-state index contributed by atoms with van der Waals surface area (Å²) in [6, 6.07) is 19.9. The molecule has 0 aliphatic carbocycles. The van der Waals surface area contributed by atoms with Gasteiger partial charge in [-0.1, -0.05) is 30.7 Å². The molecule has 0 spiro atoms. The van der Waals surface area contributed by atoms with Gasteiger partial charge in [-0.05, 0) is 105 Å². The van der Waals surface area contributed by atoms with E-state index in [9.17, 15) is 4.79 Å². The summed E-state index contributed by atoms with van der Waals surface area (Å²) in [6.45, 7) is 10.2. The number of carbonyl (C=O) groups is 1. The van der Waals surface area contributed by atoms with E-state index in [1.807, 2.05) is 69.4 Å². The maximum absolute atomic E-state index is 12.0. The van der Waals surface area contributed by atoms with E-state index >= 15 is 0 Å². The van der Waals surface area contributed by atoms with Crippen molar-refractivity contribution in [1.82, 2.24) is 14.9 Å². The lowest BCUT2D eigenvalue weighted by atomic mass is 9.96. The second-order valence-electron chi connectivity index (χ2n) is 9.94. The zero-order chi connectivity index (χ0) is 27.8. The van der Waals surface area contributed by atoms with Gasteiger partial charge >= 0.3 is 0 Å². The van der Waals surface area contributed by atoms with E-state index in [4.69, 9.17) is 28.8 Å². The van der Waals surface area contributed by atoms with Crippen LogP contribution in [0, 0.1) is 27.7 Å². The lowest BCUT2D eigenvalue weighted by Crippen LogP contribution is -2.29. The van der Waals surface area contributed by atoms with Gasteiger partial charge < -0.3 is 20.1 Å². The third-order valence-electron chi connectivity index (χ3n) is 7.45. The Bertz CT molecular complexity index is 1560. The minimum Gasteiger partial charge on any atom is -0.351 e. The Labute approximate surface area is 240 Å². The Morgan fingerprint density at radius 1 is 1.08 bits per heavy atom. The Balaban J connectivity index is 1.65. The molecule has 39 heavy (non-hydrogen) atoms. The third kappa shape index (κ3) is 4.92. The van der Waals surface area contributed by atoms with Gasteiger partial charge in [-0.25, -0.2) is 0 Å². The number of rotatable bonds is 6. The number of nitrogens with one attached hydrogen (secondary N) is 2. The molecule has 0 radical (unpaired) electrons. The van der Waals surface area contributed by atoms with Gasteiger partial charge in [0, 0.05) is 46.1 Å². The van der Waals surface area contributed by atoms with E-state index < -0.39 is 0 Å². The van der Waals surface area contributed by atoms with Crippen molar-refractivity contribution < 1.29 is 4.79 Å². The molecule has 8 heteroatoms. The minimum absolute atomic E-state index is 0.0129. The van der Waals surface area contributed by atoms with Gasteiger partial charge in [0.05, 0.1) is 17.8 Å². The number of hydrogen-bond acceptors (Lipinski definition) is 3. The van der Waals surface area contributed by atoms with Crippen molar-refractivity contribution in [3.63, 3.8) is 0 Å². The molecule has 2 atom stereocenters. The predicted octanol–water partition coefficient (Wildman–Crippen LogP) is 7.28. The average Bonchev–Trinajstić information content (AvgIpc) is 3.42. The summed E-state index contributed by atoms with van der Waals surface area (Å²) in [5.74, 6) is -0.0129. The van der Waals surface area contributed by atoms with Crippen LogP contribution >= 0.6 is 23.8 Å². The number of anilines is 2. The third-order valence-corrected chi connectivity index (χ3v) is 8.17. The topological polar surface area (TPSA) is 62.2 Å². The molecule has 1 saturated heterocycles. The normalized spacial score (nSPS) is 16.9. The average molecular weight is 558 g/mol. The van der Waals surface area contributed by atoms with E-state index in [1.165, 1.54) is 0 Å². The standard InChI is InChI=1S/C31H32ClN5OS/c1-6-28(38)34-25-14-13-22(16-18(25)2)37-30(29(35-31(37)39)26-11-7-8-15-33-26)23-17-19(3)36(21(23)5)27-12-9-10-24(32)20(27)4/h7-17,29-30H,6H2,1-5H3,(H,34,38)(H,35,39)/t29-,30+/m1/s1. The second kappa shape index (κ2) is 10.8. The highest BCUT2D eigenvalue weighted by atomic mass is 35.5. The van der Waals surface area contributed by atoms with Crippen LogP contribution in [0.25, 0.3) is 5.69 Å². The number of benzene rings is 2. The highest BCUT2D eigenvalue weighted by Gasteiger charge is 2.42. The van der Waals surface area contributed by atoms with Crippen molar-refractivity contribution in [3.8, 4) is 5.69 Å². The number of thiocarbonyl (C=S) groups is 1. The molecule has 0 saturated carbocycles. The van der Waals surface area contributed by atoms with E-state index in [0.29, 0.717) is 11.5 Å². The number of hydrogen-bond donors (Lipinski definition) is 2. The monoisotopic (exact) mass is 557 g/mol. The van der Waals surface area contributed by atoms with Crippen LogP contribution in [-0.4, -0.2) is 20.6 Å². The number of aromatic nitrogens is 2. The molecule has 1 amide bonds. The summed E-state index contributed by atoms with van der Waals surface area (Å²) in [7, 11) is 0. The number of aryl methyl sites for hydroxylation is 2. The summed E-state index contributed by atoms with van der Waals surface area (Å²) in [6.07, 6.45) is 2.24. The lowest BCUT2D eigenvalue weighted by molar-refractivity contribution is -0.115. The van der Waals surface area contributed by atoms with Gasteiger partial charge in [0.25, 0.3) is 0 Å². The van der Waals surface area contributed by atoms with Crippen LogP contribution in [0.2, 0.25) is 5.02 Å². The van der Waals surface area contributed by atoms with Gasteiger partial charge in [0.15, 0.2) is 5.11 Å². The Morgan fingerprint density at radius 3 is 2.56 bits per heavy atom. The SMILES string of the molecule is CCC(=O)Nc1ccc(N2C(=S)N[C@H](c3ccccn3)[C@@H]2c2cc(C)n(-c3cccc(Cl)c3C)c2C)cc1C. The number of nitrogens with zero attached hydrogens (tertiary/aromatic N) is 3. The zero-order valence-corrected chi connectivity index (χ0v) is 24.3. The number of halogens is 1. The molecular formula is C31H32ClN5OS. The van der Waals surface area contributed by atoms with Crippen LogP contribution in [0.1, 0.15) is 59.2 Å². The van der Waals surface area contributed by atoms with Gasteiger partial charge in [0.2, 0.25) is 5.91 Å². The fourth-order valence-corrected chi connectivity index (χ4v) is 5.94. The van der Waals surface area contributed by atoms with Gasteiger partial charge in [-0.15, -0.1) is 0 Å². The molecular weight excluding hydrogens is 526 g/mol. The second-order valence-corrected chi connectivity index (χ2v) is 10.7. The molecule has 4 aromatic rings. The summed E-state index contributed by atoms with van der Waals surface area (Å²) in [5, 5.41) is 7.91. The molecule has 2 N–H and O–H groups in total. The Kier molecular flexibility index (Phi) is 7.47. The fraction of sp³-hybridized carbons (Fsp3) is 0.258. The summed E-state index contributed by atoms with van der Waals surface area (Å²) < 4.78 is 2.26. The molecule has 0 unspecified atom stereocenters. The molecule has 2 aromatic heterocycles. The van der Waals surface area contributed by atoms with E-state index in [2.05, 4.69) is 52.1 Å². The van der Waals surface area contributed by atoms with Crippen LogP contribution in [0.3, 0.4) is 0 Å². The van der Waals surface area contributed by atoms with Crippen molar-refractivity contribution in [3.05, 3.63) is 106 Å². The lowest BCUT2D eigenvalue weighted by Gasteiger charge is -2.29. The first-order valence-electron chi connectivity index (χ1n) is 13.1. The highest BCUT2D eigenvalue weighted by Crippen LogP contribution is 2.44. The molecule has 1 aliphatic heterocycles. The van der Waals surface area contributed by atoms with Gasteiger partial charge in [0.1, 0.15) is 0 Å².